The van der Waals surface area contributed by atoms with E-state index in [4.69, 9.17) is 11.6 Å². The summed E-state index contributed by atoms with van der Waals surface area (Å²) in [6.07, 6.45) is 10.2. The van der Waals surface area contributed by atoms with Gasteiger partial charge in [-0.05, 0) is 12.8 Å². The number of hydrogen-bond donors (Lipinski definition) is 1. The maximum absolute atomic E-state index is 12.0. The number of aryl methyl sites for hydroxylation is 1. The van der Waals surface area contributed by atoms with Crippen molar-refractivity contribution in [2.45, 2.75) is 63.9 Å². The topological polar surface area (TPSA) is 59.8 Å². The summed E-state index contributed by atoms with van der Waals surface area (Å²) in [5, 5.41) is 4.34. The summed E-state index contributed by atoms with van der Waals surface area (Å²) >= 11 is 7.67. The molecular weight excluding hydrogens is 356 g/mol. The van der Waals surface area contributed by atoms with Crippen LogP contribution in [0.15, 0.2) is 17.6 Å². The van der Waals surface area contributed by atoms with Gasteiger partial charge in [-0.2, -0.15) is 0 Å². The molecule has 0 aliphatic rings. The van der Waals surface area contributed by atoms with Crippen LogP contribution < -0.4 is 5.32 Å². The summed E-state index contributed by atoms with van der Waals surface area (Å²) in [5.74, 6) is 0.405. The third-order valence-electron chi connectivity index (χ3n) is 4.01. The maximum atomic E-state index is 12.0. The maximum Gasteiger partial charge on any atom is 0.230 e. The SMILES string of the molecule is CCCCCCNC(=O)CSc1ncc(Cl)c2ncn(CCCC)c12. The predicted molar refractivity (Wildman–Crippen MR) is 105 cm³/mol. The molecule has 0 fully saturated rings. The van der Waals surface area contributed by atoms with E-state index in [0.717, 1.165) is 48.4 Å². The van der Waals surface area contributed by atoms with Crippen LogP contribution in [0.25, 0.3) is 11.0 Å². The first-order chi connectivity index (χ1) is 12.2. The zero-order valence-electron chi connectivity index (χ0n) is 15.1. The van der Waals surface area contributed by atoms with Gasteiger partial charge in [-0.1, -0.05) is 62.9 Å². The third kappa shape index (κ3) is 5.89. The van der Waals surface area contributed by atoms with Crippen LogP contribution in [0.1, 0.15) is 52.4 Å². The number of halogens is 1. The van der Waals surface area contributed by atoms with E-state index in [2.05, 4.69) is 33.7 Å². The van der Waals surface area contributed by atoms with Crippen molar-refractivity contribution in [2.24, 2.45) is 0 Å². The number of imidazole rings is 1. The van der Waals surface area contributed by atoms with E-state index >= 15 is 0 Å². The lowest BCUT2D eigenvalue weighted by atomic mass is 10.2. The van der Waals surface area contributed by atoms with Gasteiger partial charge in [0.1, 0.15) is 16.1 Å². The Labute approximate surface area is 158 Å². The molecule has 0 saturated carbocycles. The first-order valence-electron chi connectivity index (χ1n) is 9.06. The molecule has 138 valence electrons. The van der Waals surface area contributed by atoms with Crippen molar-refractivity contribution in [3.05, 3.63) is 17.5 Å². The summed E-state index contributed by atoms with van der Waals surface area (Å²) in [7, 11) is 0. The van der Waals surface area contributed by atoms with Gasteiger partial charge in [0.25, 0.3) is 0 Å². The van der Waals surface area contributed by atoms with E-state index in [1.165, 1.54) is 31.0 Å². The highest BCUT2D eigenvalue weighted by molar-refractivity contribution is 8.00. The van der Waals surface area contributed by atoms with Crippen LogP contribution in [0.4, 0.5) is 0 Å². The molecule has 0 unspecified atom stereocenters. The van der Waals surface area contributed by atoms with Gasteiger partial charge in [-0.25, -0.2) is 9.97 Å². The standard InChI is InChI=1S/C18H27ClN4OS/c1-3-5-7-8-9-20-15(24)12-25-18-17-16(14(19)11-21-18)22-13-23(17)10-6-4-2/h11,13H,3-10,12H2,1-2H3,(H,20,24). The molecule has 2 heterocycles. The smallest absolute Gasteiger partial charge is 0.230 e. The van der Waals surface area contributed by atoms with Gasteiger partial charge >= 0.3 is 0 Å². The highest BCUT2D eigenvalue weighted by Crippen LogP contribution is 2.30. The van der Waals surface area contributed by atoms with Crippen LogP contribution in [0.3, 0.4) is 0 Å². The zero-order chi connectivity index (χ0) is 18.1. The lowest BCUT2D eigenvalue weighted by molar-refractivity contribution is -0.118. The molecule has 2 rings (SSSR count). The molecule has 1 N–H and O–H groups in total. The second-order valence-electron chi connectivity index (χ2n) is 6.10. The van der Waals surface area contributed by atoms with Crippen molar-refractivity contribution in [1.82, 2.24) is 19.9 Å². The quantitative estimate of drug-likeness (QED) is 0.453. The highest BCUT2D eigenvalue weighted by Gasteiger charge is 2.14. The van der Waals surface area contributed by atoms with E-state index in [-0.39, 0.29) is 5.91 Å². The van der Waals surface area contributed by atoms with Gasteiger partial charge in [0.15, 0.2) is 0 Å². The number of amides is 1. The van der Waals surface area contributed by atoms with Crippen molar-refractivity contribution in [3.8, 4) is 0 Å². The molecule has 7 heteroatoms. The van der Waals surface area contributed by atoms with Crippen molar-refractivity contribution in [1.29, 1.82) is 0 Å². The first-order valence-corrected chi connectivity index (χ1v) is 10.4. The van der Waals surface area contributed by atoms with Crippen LogP contribution in [0.2, 0.25) is 5.02 Å². The van der Waals surface area contributed by atoms with E-state index < -0.39 is 0 Å². The van der Waals surface area contributed by atoms with Gasteiger partial charge < -0.3 is 9.88 Å². The number of nitrogens with one attached hydrogen (secondary N) is 1. The molecule has 0 aliphatic carbocycles. The number of rotatable bonds is 11. The minimum absolute atomic E-state index is 0.0472. The molecule has 0 saturated heterocycles. The van der Waals surface area contributed by atoms with E-state index in [1.54, 1.807) is 6.20 Å². The Morgan fingerprint density at radius 1 is 1.20 bits per heavy atom. The number of pyridine rings is 1. The normalized spacial score (nSPS) is 11.2. The fourth-order valence-electron chi connectivity index (χ4n) is 2.59. The van der Waals surface area contributed by atoms with Crippen LogP contribution in [0, 0.1) is 0 Å². The van der Waals surface area contributed by atoms with Gasteiger partial charge in [-0.3, -0.25) is 4.79 Å². The number of unbranched alkanes of at least 4 members (excludes halogenated alkanes) is 4. The lowest BCUT2D eigenvalue weighted by Crippen LogP contribution is -2.26. The average Bonchev–Trinajstić information content (AvgIpc) is 3.04. The molecule has 25 heavy (non-hydrogen) atoms. The summed E-state index contributed by atoms with van der Waals surface area (Å²) < 4.78 is 2.09. The van der Waals surface area contributed by atoms with Crippen molar-refractivity contribution in [2.75, 3.05) is 12.3 Å². The Morgan fingerprint density at radius 3 is 2.76 bits per heavy atom. The third-order valence-corrected chi connectivity index (χ3v) is 5.26. The Kier molecular flexibility index (Phi) is 8.55. The Hall–Kier alpha value is -1.27. The largest absolute Gasteiger partial charge is 0.355 e. The van der Waals surface area contributed by atoms with Crippen molar-refractivity contribution >= 4 is 40.3 Å². The monoisotopic (exact) mass is 382 g/mol. The van der Waals surface area contributed by atoms with Crippen LogP contribution in [-0.4, -0.2) is 32.7 Å². The number of nitrogens with zero attached hydrogens (tertiary/aromatic N) is 3. The number of fused-ring (bicyclic) bond motifs is 1. The van der Waals surface area contributed by atoms with Gasteiger partial charge in [0.2, 0.25) is 5.91 Å². The molecule has 0 atom stereocenters. The molecule has 2 aromatic rings. The molecule has 0 aromatic carbocycles. The fraction of sp³-hybridized carbons (Fsp3) is 0.611. The van der Waals surface area contributed by atoms with E-state index in [9.17, 15) is 4.79 Å². The number of carbonyl (C=O) groups excluding carboxylic acids is 1. The van der Waals surface area contributed by atoms with Crippen molar-refractivity contribution < 1.29 is 4.79 Å². The average molecular weight is 383 g/mol. The Morgan fingerprint density at radius 2 is 2.00 bits per heavy atom. The second-order valence-corrected chi connectivity index (χ2v) is 7.47. The molecule has 2 aromatic heterocycles. The number of aromatic nitrogens is 3. The predicted octanol–water partition coefficient (Wildman–Crippen LogP) is 4.67. The molecule has 5 nitrogen and oxygen atoms in total. The lowest BCUT2D eigenvalue weighted by Gasteiger charge is -2.08. The minimum atomic E-state index is 0.0472. The molecular formula is C18H27ClN4OS. The molecule has 0 bridgehead atoms. The summed E-state index contributed by atoms with van der Waals surface area (Å²) in [5.41, 5.74) is 1.69. The van der Waals surface area contributed by atoms with Gasteiger partial charge in [0.05, 0.1) is 17.1 Å². The van der Waals surface area contributed by atoms with Crippen LogP contribution in [-0.2, 0) is 11.3 Å². The second kappa shape index (κ2) is 10.7. The van der Waals surface area contributed by atoms with E-state index in [0.29, 0.717) is 10.8 Å². The molecule has 0 radical (unpaired) electrons. The molecule has 0 spiro atoms. The highest BCUT2D eigenvalue weighted by atomic mass is 35.5. The van der Waals surface area contributed by atoms with Crippen LogP contribution in [0.5, 0.6) is 0 Å². The number of carbonyl (C=O) groups is 1. The Bertz CT molecular complexity index is 689. The Balaban J connectivity index is 1.97. The summed E-state index contributed by atoms with van der Waals surface area (Å²) in [6, 6.07) is 0. The summed E-state index contributed by atoms with van der Waals surface area (Å²) in [6.45, 7) is 5.97. The van der Waals surface area contributed by atoms with Crippen LogP contribution >= 0.6 is 23.4 Å². The molecule has 0 aliphatic heterocycles. The molecule has 1 amide bonds. The first kappa shape index (κ1) is 20.0. The zero-order valence-corrected chi connectivity index (χ0v) is 16.6. The van der Waals surface area contributed by atoms with Gasteiger partial charge in [0, 0.05) is 19.3 Å². The number of hydrogen-bond acceptors (Lipinski definition) is 4. The van der Waals surface area contributed by atoms with Gasteiger partial charge in [-0.15, -0.1) is 0 Å². The fourth-order valence-corrected chi connectivity index (χ4v) is 3.62. The summed E-state index contributed by atoms with van der Waals surface area (Å²) in [4.78, 5) is 20.9. The van der Waals surface area contributed by atoms with Crippen molar-refractivity contribution in [3.63, 3.8) is 0 Å². The minimum Gasteiger partial charge on any atom is -0.355 e. The van der Waals surface area contributed by atoms with E-state index in [1.807, 2.05) is 6.33 Å². The number of thioether (sulfide) groups is 1.